The van der Waals surface area contributed by atoms with Gasteiger partial charge in [0.2, 0.25) is 11.9 Å². The molecule has 0 radical (unpaired) electrons. The lowest BCUT2D eigenvalue weighted by atomic mass is 10.2. The first-order valence-corrected chi connectivity index (χ1v) is 10.4. The second-order valence-corrected chi connectivity index (χ2v) is 8.07. The smallest absolute Gasteiger partial charge is 0.263 e. The van der Waals surface area contributed by atoms with Gasteiger partial charge >= 0.3 is 0 Å². The van der Waals surface area contributed by atoms with Gasteiger partial charge in [-0.3, -0.25) is 9.78 Å². The number of anilines is 2. The van der Waals surface area contributed by atoms with E-state index in [4.69, 9.17) is 0 Å². The van der Waals surface area contributed by atoms with Crippen LogP contribution >= 0.6 is 15.9 Å². The maximum Gasteiger partial charge on any atom is 0.263 e. The average Bonchev–Trinajstić information content (AvgIpc) is 3.19. The third kappa shape index (κ3) is 3.43. The van der Waals surface area contributed by atoms with Crippen molar-refractivity contribution in [2.24, 2.45) is 0 Å². The van der Waals surface area contributed by atoms with Gasteiger partial charge in [0.15, 0.2) is 5.65 Å². The van der Waals surface area contributed by atoms with E-state index in [-0.39, 0.29) is 5.56 Å². The highest BCUT2D eigenvalue weighted by molar-refractivity contribution is 9.10. The zero-order chi connectivity index (χ0) is 20.7. The Hall–Kier alpha value is -3.27. The minimum Gasteiger partial charge on any atom is -0.339 e. The summed E-state index contributed by atoms with van der Waals surface area (Å²) < 4.78 is 2.71. The number of aryl methyl sites for hydroxylation is 1. The lowest BCUT2D eigenvalue weighted by molar-refractivity contribution is 0.628. The molecule has 4 aromatic rings. The van der Waals surface area contributed by atoms with Crippen LogP contribution in [0.5, 0.6) is 0 Å². The summed E-state index contributed by atoms with van der Waals surface area (Å²) in [5.74, 6) is 1.26. The number of piperazine rings is 1. The van der Waals surface area contributed by atoms with Gasteiger partial charge in [-0.1, -0.05) is 15.9 Å². The molecule has 5 rings (SSSR count). The van der Waals surface area contributed by atoms with Crippen molar-refractivity contribution in [1.82, 2.24) is 29.7 Å². The van der Waals surface area contributed by atoms with Gasteiger partial charge in [-0.05, 0) is 36.8 Å². The number of hydrogen-bond acceptors (Lipinski definition) is 7. The average molecular weight is 467 g/mol. The highest BCUT2D eigenvalue weighted by Gasteiger charge is 2.21. The maximum atomic E-state index is 12.7. The van der Waals surface area contributed by atoms with E-state index in [1.165, 1.54) is 0 Å². The van der Waals surface area contributed by atoms with Crippen molar-refractivity contribution in [2.45, 2.75) is 6.92 Å². The lowest BCUT2D eigenvalue weighted by Crippen LogP contribution is -2.48. The molecule has 1 saturated heterocycles. The van der Waals surface area contributed by atoms with Gasteiger partial charge in [-0.25, -0.2) is 14.6 Å². The Labute approximate surface area is 180 Å². The quantitative estimate of drug-likeness (QED) is 0.494. The zero-order valence-corrected chi connectivity index (χ0v) is 17.9. The molecule has 10 heteroatoms. The molecule has 1 N–H and O–H groups in total. The third-order valence-corrected chi connectivity index (χ3v) is 5.69. The first-order valence-electron chi connectivity index (χ1n) is 9.61. The molecule has 0 unspecified atom stereocenters. The van der Waals surface area contributed by atoms with Gasteiger partial charge in [0.05, 0.1) is 5.69 Å². The predicted molar refractivity (Wildman–Crippen MR) is 118 cm³/mol. The van der Waals surface area contributed by atoms with Gasteiger partial charge in [-0.15, -0.1) is 5.10 Å². The van der Waals surface area contributed by atoms with Crippen LogP contribution in [0.15, 0.2) is 52.1 Å². The van der Waals surface area contributed by atoms with E-state index in [1.807, 2.05) is 25.1 Å². The van der Waals surface area contributed by atoms with Crippen LogP contribution in [0.2, 0.25) is 0 Å². The second-order valence-electron chi connectivity index (χ2n) is 7.15. The molecule has 0 atom stereocenters. The van der Waals surface area contributed by atoms with E-state index >= 15 is 0 Å². The van der Waals surface area contributed by atoms with Crippen LogP contribution in [-0.2, 0) is 0 Å². The summed E-state index contributed by atoms with van der Waals surface area (Å²) in [4.78, 5) is 33.0. The Balaban J connectivity index is 1.42. The van der Waals surface area contributed by atoms with Crippen LogP contribution in [0, 0.1) is 6.92 Å². The highest BCUT2D eigenvalue weighted by Crippen LogP contribution is 2.21. The minimum atomic E-state index is -0.190. The molecule has 1 aliphatic heterocycles. The minimum absolute atomic E-state index is 0.190. The van der Waals surface area contributed by atoms with Crippen molar-refractivity contribution in [3.8, 4) is 5.69 Å². The molecule has 9 nitrogen and oxygen atoms in total. The summed E-state index contributed by atoms with van der Waals surface area (Å²) in [6.07, 6.45) is 5.21. The molecule has 1 aromatic carbocycles. The molecule has 1 aliphatic rings. The first kappa shape index (κ1) is 18.7. The van der Waals surface area contributed by atoms with Crippen LogP contribution in [0.25, 0.3) is 16.7 Å². The van der Waals surface area contributed by atoms with E-state index < -0.39 is 0 Å². The molecular weight excluding hydrogens is 448 g/mol. The molecule has 30 heavy (non-hydrogen) atoms. The first-order chi connectivity index (χ1) is 14.6. The number of aromatic nitrogens is 6. The number of fused-ring (bicyclic) bond motifs is 1. The van der Waals surface area contributed by atoms with Crippen LogP contribution < -0.4 is 15.4 Å². The number of aromatic amines is 1. The highest BCUT2D eigenvalue weighted by atomic mass is 79.9. The van der Waals surface area contributed by atoms with Crippen LogP contribution in [0.3, 0.4) is 0 Å². The lowest BCUT2D eigenvalue weighted by Gasteiger charge is -2.34. The van der Waals surface area contributed by atoms with Crippen LogP contribution in [0.4, 0.5) is 11.9 Å². The van der Waals surface area contributed by atoms with Crippen molar-refractivity contribution in [1.29, 1.82) is 0 Å². The SMILES string of the molecule is Cc1cc(Br)ccc1-n1cc2c(=O)[nH]c(N3CCN(c4ncccn4)CC3)nc2n1. The summed E-state index contributed by atoms with van der Waals surface area (Å²) in [6, 6.07) is 7.73. The second kappa shape index (κ2) is 7.52. The zero-order valence-electron chi connectivity index (χ0n) is 16.3. The monoisotopic (exact) mass is 466 g/mol. The molecular formula is C20H19BrN8O. The topological polar surface area (TPSA) is 95.8 Å². The number of nitrogens with zero attached hydrogens (tertiary/aromatic N) is 7. The Morgan fingerprint density at radius 3 is 2.53 bits per heavy atom. The maximum absolute atomic E-state index is 12.7. The fraction of sp³-hybridized carbons (Fsp3) is 0.250. The number of hydrogen-bond donors (Lipinski definition) is 1. The Bertz CT molecular complexity index is 1260. The van der Waals surface area contributed by atoms with Gasteiger partial charge < -0.3 is 9.80 Å². The number of rotatable bonds is 3. The van der Waals surface area contributed by atoms with Gasteiger partial charge in [0, 0.05) is 49.2 Å². The molecule has 0 saturated carbocycles. The Morgan fingerprint density at radius 1 is 1.07 bits per heavy atom. The van der Waals surface area contributed by atoms with Gasteiger partial charge in [-0.2, -0.15) is 4.98 Å². The Kier molecular flexibility index (Phi) is 4.70. The third-order valence-electron chi connectivity index (χ3n) is 5.20. The van der Waals surface area contributed by atoms with E-state index in [0.717, 1.165) is 34.8 Å². The molecule has 152 valence electrons. The van der Waals surface area contributed by atoms with Crippen molar-refractivity contribution >= 4 is 38.9 Å². The molecule has 0 spiro atoms. The predicted octanol–water partition coefficient (Wildman–Crippen LogP) is 2.30. The molecule has 4 heterocycles. The summed E-state index contributed by atoms with van der Waals surface area (Å²) in [6.45, 7) is 4.92. The van der Waals surface area contributed by atoms with Crippen molar-refractivity contribution in [3.63, 3.8) is 0 Å². The van der Waals surface area contributed by atoms with Crippen molar-refractivity contribution in [3.05, 3.63) is 63.2 Å². The van der Waals surface area contributed by atoms with Crippen molar-refractivity contribution < 1.29 is 0 Å². The standard InChI is InChI=1S/C20H19BrN8O/c1-13-11-14(21)3-4-16(13)29-12-15-17(26-29)24-20(25-18(15)30)28-9-7-27(8-10-28)19-22-5-2-6-23-19/h2-6,11-12H,7-10H2,1H3,(H,24,25,26,30). The van der Waals surface area contributed by atoms with E-state index in [2.05, 4.69) is 50.8 Å². The largest absolute Gasteiger partial charge is 0.339 e. The summed E-state index contributed by atoms with van der Waals surface area (Å²) in [7, 11) is 0. The van der Waals surface area contributed by atoms with E-state index in [0.29, 0.717) is 30.1 Å². The van der Waals surface area contributed by atoms with Crippen LogP contribution in [-0.4, -0.2) is 55.9 Å². The molecule has 3 aromatic heterocycles. The fourth-order valence-corrected chi connectivity index (χ4v) is 4.10. The number of halogens is 1. The van der Waals surface area contributed by atoms with Crippen LogP contribution in [0.1, 0.15) is 5.56 Å². The summed E-state index contributed by atoms with van der Waals surface area (Å²) >= 11 is 3.47. The van der Waals surface area contributed by atoms with Gasteiger partial charge in [0.1, 0.15) is 5.39 Å². The normalized spacial score (nSPS) is 14.5. The number of nitrogens with one attached hydrogen (secondary N) is 1. The van der Waals surface area contributed by atoms with Gasteiger partial charge in [0.25, 0.3) is 5.56 Å². The van der Waals surface area contributed by atoms with E-state index in [1.54, 1.807) is 29.3 Å². The van der Waals surface area contributed by atoms with E-state index in [9.17, 15) is 4.79 Å². The number of benzene rings is 1. The fourth-order valence-electron chi connectivity index (χ4n) is 3.63. The van der Waals surface area contributed by atoms with Crippen molar-refractivity contribution in [2.75, 3.05) is 36.0 Å². The summed E-state index contributed by atoms with van der Waals surface area (Å²) in [5.41, 5.74) is 2.21. The Morgan fingerprint density at radius 2 is 1.80 bits per heavy atom. The molecule has 0 amide bonds. The molecule has 0 bridgehead atoms. The molecule has 0 aliphatic carbocycles. The number of H-pyrrole nitrogens is 1. The summed E-state index contributed by atoms with van der Waals surface area (Å²) in [5, 5.41) is 5.04. The molecule has 1 fully saturated rings.